The fraction of sp³-hybridized carbons (Fsp3) is 0.824. The number of likely N-dealkylation sites (N-methyl/N-ethyl adjacent to an activating group) is 4. The Labute approximate surface area is 661 Å². The lowest BCUT2D eigenvalue weighted by molar-refractivity contribution is -0.148. The summed E-state index contributed by atoms with van der Waals surface area (Å²) in [5.41, 5.74) is 0. The fourth-order valence-corrected chi connectivity index (χ4v) is 15.1. The van der Waals surface area contributed by atoms with Gasteiger partial charge in [-0.2, -0.15) is 0 Å². The SMILES string of the molecule is C/C=C/C[C@@H](C)[C@@H](O)[C@@H]1CC(=O)[C@H](C(C)C)N(C)C(=O)[C@H](CC(C)C)CC(=O)[C@H](CC(C)C)N(C)C(=O)[C@@H](C)NC(=O)[C@H](C)CC(=O)[C@H](CC(C)C)N(C)C(=O)[C@H](C(C)C)CC(=O)[C@H]([C@@H](C)OCCCCNC(=O)N2CCOCC2)N(C)C(=O)CCC(=O)[C@H](CC)NC1=O.CC(C)CCCCCC(=O)N1CCCCC1. The topological polar surface area (TPSA) is 316 Å². The molecule has 3 aliphatic rings. The average Bonchev–Trinajstić information content (AvgIpc) is 0.821. The normalized spacial score (nSPS) is 25.3. The second-order valence-electron chi connectivity index (χ2n) is 34.1. The molecule has 3 heterocycles. The summed E-state index contributed by atoms with van der Waals surface area (Å²) in [4.78, 5) is 194. The minimum atomic E-state index is -1.40. The summed E-state index contributed by atoms with van der Waals surface area (Å²) in [6, 6.07) is -6.99. The zero-order valence-electron chi connectivity index (χ0n) is 71.9. The molecule has 25 nitrogen and oxygen atoms in total. The molecule has 0 aromatic heterocycles. The molecule has 25 heteroatoms. The van der Waals surface area contributed by atoms with Gasteiger partial charge in [0.2, 0.25) is 41.4 Å². The second kappa shape index (κ2) is 51.3. The number of carbonyl (C=O) groups excluding carboxylic acids is 13. The molecule has 0 bridgehead atoms. The maximum Gasteiger partial charge on any atom is 0.317 e. The number of carbonyl (C=O) groups is 13. The molecule has 9 amide bonds. The second-order valence-corrected chi connectivity index (χ2v) is 34.1. The van der Waals surface area contributed by atoms with Crippen molar-refractivity contribution in [3.05, 3.63) is 12.2 Å². The van der Waals surface area contributed by atoms with Gasteiger partial charge in [0.15, 0.2) is 28.9 Å². The van der Waals surface area contributed by atoms with Crippen molar-refractivity contribution in [3.8, 4) is 0 Å². The first-order valence-corrected chi connectivity index (χ1v) is 41.7. The van der Waals surface area contributed by atoms with E-state index in [4.69, 9.17) is 9.47 Å². The van der Waals surface area contributed by atoms with E-state index in [0.29, 0.717) is 58.0 Å². The summed E-state index contributed by atoms with van der Waals surface area (Å²) in [5.74, 6) is -10.9. The average molecular weight is 1550 g/mol. The van der Waals surface area contributed by atoms with E-state index in [1.54, 1.807) is 66.4 Å². The van der Waals surface area contributed by atoms with Gasteiger partial charge in [-0.15, -0.1) is 0 Å². The van der Waals surface area contributed by atoms with E-state index in [-0.39, 0.29) is 81.8 Å². The molecule has 630 valence electrons. The number of Topliss-reactive ketones (excluding diaryl/α,β-unsaturated/α-hetero) is 5. The Morgan fingerprint density at radius 1 is 0.564 bits per heavy atom. The Bertz CT molecular complexity index is 2940. The summed E-state index contributed by atoms with van der Waals surface area (Å²) in [5, 5.41) is 20.4. The summed E-state index contributed by atoms with van der Waals surface area (Å²) in [7, 11) is 5.88. The number of morpholine rings is 1. The third-order valence-electron chi connectivity index (χ3n) is 22.0. The zero-order chi connectivity index (χ0) is 83.4. The molecule has 3 fully saturated rings. The molecule has 3 rings (SSSR count). The lowest BCUT2D eigenvalue weighted by atomic mass is 9.82. The van der Waals surface area contributed by atoms with Crippen molar-refractivity contribution in [1.29, 1.82) is 0 Å². The third-order valence-corrected chi connectivity index (χ3v) is 22.0. The van der Waals surface area contributed by atoms with Crippen LogP contribution < -0.4 is 16.0 Å². The van der Waals surface area contributed by atoms with Crippen LogP contribution in [0.2, 0.25) is 0 Å². The highest BCUT2D eigenvalue weighted by atomic mass is 16.5. The van der Waals surface area contributed by atoms with Gasteiger partial charge in [0, 0.05) is 130 Å². The number of hydrogen-bond acceptors (Lipinski definition) is 16. The van der Waals surface area contributed by atoms with Crippen molar-refractivity contribution in [1.82, 2.24) is 45.3 Å². The first-order valence-electron chi connectivity index (χ1n) is 41.7. The van der Waals surface area contributed by atoms with Crippen LogP contribution in [-0.4, -0.2) is 240 Å². The molecule has 3 saturated heterocycles. The predicted molar refractivity (Wildman–Crippen MR) is 430 cm³/mol. The van der Waals surface area contributed by atoms with Crippen molar-refractivity contribution in [3.63, 3.8) is 0 Å². The highest BCUT2D eigenvalue weighted by molar-refractivity contribution is 5.99. The minimum Gasteiger partial charge on any atom is -0.392 e. The fourth-order valence-electron chi connectivity index (χ4n) is 15.1. The smallest absolute Gasteiger partial charge is 0.317 e. The van der Waals surface area contributed by atoms with Gasteiger partial charge >= 0.3 is 6.03 Å². The standard InChI is InChI=1S/C71H122N8O15.C14H27NO/c1-21-23-26-47(13)65(86)53-41-60(83)63(46(11)12)78(20)69(90)51(35-42(3)4)39-59(82)56(37-44(7)8)75(17)68(89)49(15)73-66(87)48(14)38-58(81)55(36-43(5)6)76(18)70(91)52(45(9)10)40-61(84)64(77(19)62(85)28-27-57(80)54(22-2)74-67(53)88)50(16)94-32-25-24-29-72-71(92)79-30-33-93-34-31-79;1-13(2)9-5-3-6-10-14(16)15-11-7-4-8-12-15/h21,23,42-56,63-65,86H,22,24-41H2,1-20H3,(H,72,92)(H,73,87)(H,74,88);13H,3-12H2,1-2H3/b23-21+;/t47-,48-,49-,50-,51-,52+,53+,54+,55+,56+,63+,64+,65-;/m1./s1. The van der Waals surface area contributed by atoms with Gasteiger partial charge in [-0.3, -0.25) is 57.5 Å². The number of amides is 9. The van der Waals surface area contributed by atoms with E-state index in [2.05, 4.69) is 34.7 Å². The highest BCUT2D eigenvalue weighted by Crippen LogP contribution is 2.31. The molecule has 0 unspecified atom stereocenters. The third kappa shape index (κ3) is 34.1. The number of aliphatic hydroxyl groups is 1. The first kappa shape index (κ1) is 99.6. The Kier molecular flexibility index (Phi) is 46.5. The largest absolute Gasteiger partial charge is 0.392 e. The van der Waals surface area contributed by atoms with Gasteiger partial charge in [-0.05, 0) is 133 Å². The molecule has 3 aliphatic heterocycles. The maximum atomic E-state index is 15.0. The van der Waals surface area contributed by atoms with Crippen molar-refractivity contribution >= 4 is 76.3 Å². The van der Waals surface area contributed by atoms with Gasteiger partial charge in [-0.1, -0.05) is 135 Å². The number of aliphatic hydroxyl groups excluding tert-OH is 1. The lowest BCUT2D eigenvalue weighted by Gasteiger charge is -2.36. The van der Waals surface area contributed by atoms with Crippen LogP contribution >= 0.6 is 0 Å². The van der Waals surface area contributed by atoms with Crippen LogP contribution in [0.1, 0.15) is 259 Å². The quantitative estimate of drug-likeness (QED) is 0.0462. The van der Waals surface area contributed by atoms with Crippen LogP contribution in [0.5, 0.6) is 0 Å². The van der Waals surface area contributed by atoms with Crippen LogP contribution in [0.3, 0.4) is 0 Å². The monoisotopic (exact) mass is 1550 g/mol. The molecule has 110 heavy (non-hydrogen) atoms. The molecule has 4 N–H and O–H groups in total. The van der Waals surface area contributed by atoms with E-state index in [1.807, 2.05) is 54.5 Å². The molecule has 0 radical (unpaired) electrons. The number of unbranched alkanes of at least 4 members (excludes halogenated alkanes) is 3. The van der Waals surface area contributed by atoms with E-state index in [0.717, 1.165) is 31.8 Å². The first-order chi connectivity index (χ1) is 51.6. The number of urea groups is 1. The van der Waals surface area contributed by atoms with E-state index in [9.17, 15) is 62.6 Å². The molecule has 0 spiro atoms. The molecule has 0 aromatic carbocycles. The summed E-state index contributed by atoms with van der Waals surface area (Å²) in [6.45, 7) is 37.2. The van der Waals surface area contributed by atoms with Gasteiger partial charge in [-0.25, -0.2) is 4.79 Å². The Hall–Kier alpha value is -6.47. The number of hydrogen-bond donors (Lipinski definition) is 4. The molecule has 0 aliphatic carbocycles. The van der Waals surface area contributed by atoms with E-state index < -0.39 is 167 Å². The van der Waals surface area contributed by atoms with Crippen LogP contribution in [0.15, 0.2) is 12.2 Å². The summed E-state index contributed by atoms with van der Waals surface area (Å²) >= 11 is 0. The molecular formula is C85H149N9O16. The maximum absolute atomic E-state index is 15.0. The van der Waals surface area contributed by atoms with E-state index >= 15 is 4.79 Å². The number of rotatable bonds is 26. The number of nitrogens with zero attached hydrogens (tertiary/aromatic N) is 6. The minimum absolute atomic E-state index is 0.0713. The highest BCUT2D eigenvalue weighted by Gasteiger charge is 2.44. The molecule has 0 saturated carbocycles. The predicted octanol–water partition coefficient (Wildman–Crippen LogP) is 10.6. The zero-order valence-corrected chi connectivity index (χ0v) is 71.9. The number of ketones is 5. The Morgan fingerprint density at radius 2 is 1.13 bits per heavy atom. The van der Waals surface area contributed by atoms with Crippen molar-refractivity contribution < 1.29 is 76.9 Å². The molecule has 13 atom stereocenters. The van der Waals surface area contributed by atoms with Crippen LogP contribution in [0.4, 0.5) is 4.79 Å². The Balaban J connectivity index is 0.00000226. The Morgan fingerprint density at radius 3 is 1.67 bits per heavy atom. The number of ether oxygens (including phenoxy) is 2. The van der Waals surface area contributed by atoms with Crippen molar-refractivity contribution in [2.24, 2.45) is 65.1 Å². The molecular weight excluding hydrogens is 1400 g/mol. The lowest BCUT2D eigenvalue weighted by Crippen LogP contribution is -2.53. The summed E-state index contributed by atoms with van der Waals surface area (Å²) < 4.78 is 11.6. The number of likely N-dealkylation sites (tertiary alicyclic amines) is 1. The number of allylic oxidation sites excluding steroid dienone is 2. The van der Waals surface area contributed by atoms with Crippen molar-refractivity contribution in [2.75, 3.05) is 80.7 Å². The molecule has 0 aromatic rings. The number of nitrogens with one attached hydrogen (secondary N) is 3. The van der Waals surface area contributed by atoms with Crippen LogP contribution in [-0.2, 0) is 67.0 Å². The van der Waals surface area contributed by atoms with Gasteiger partial charge in [0.05, 0.1) is 55.5 Å². The summed E-state index contributed by atoms with van der Waals surface area (Å²) in [6.07, 6.45) is 10.5. The van der Waals surface area contributed by atoms with Crippen LogP contribution in [0, 0.1) is 65.1 Å². The van der Waals surface area contributed by atoms with Gasteiger partial charge < -0.3 is 59.9 Å². The van der Waals surface area contributed by atoms with Gasteiger partial charge in [0.25, 0.3) is 0 Å². The van der Waals surface area contributed by atoms with E-state index in [1.165, 1.54) is 93.2 Å². The van der Waals surface area contributed by atoms with Crippen molar-refractivity contribution in [2.45, 2.75) is 308 Å². The number of piperidine rings is 1. The van der Waals surface area contributed by atoms with Gasteiger partial charge in [0.1, 0.15) is 12.1 Å². The van der Waals surface area contributed by atoms with Crippen LogP contribution in [0.25, 0.3) is 0 Å².